The van der Waals surface area contributed by atoms with Crippen molar-refractivity contribution in [3.63, 3.8) is 0 Å². The van der Waals surface area contributed by atoms with E-state index in [1.54, 1.807) is 0 Å². The van der Waals surface area contributed by atoms with Gasteiger partial charge in [-0.15, -0.1) is 0 Å². The van der Waals surface area contributed by atoms with Crippen LogP contribution in [0, 0.1) is 0 Å². The van der Waals surface area contributed by atoms with Crippen molar-refractivity contribution in [1.82, 2.24) is 4.90 Å². The Balaban J connectivity index is 0.000000980. The molecule has 2 rings (SSSR count). The molecule has 78 valence electrons. The monoisotopic (exact) mass is 192 g/mol. The Hall–Kier alpha value is -1.02. The molecule has 14 heavy (non-hydrogen) atoms. The van der Waals surface area contributed by atoms with E-state index in [0.717, 1.165) is 13.1 Å². The molecule has 0 radical (unpaired) electrons. The van der Waals surface area contributed by atoms with Crippen LogP contribution in [0.1, 0.15) is 7.43 Å². The first-order valence-corrected chi connectivity index (χ1v) is 4.85. The van der Waals surface area contributed by atoms with E-state index in [9.17, 15) is 0 Å². The molecule has 1 aromatic carbocycles. The average Bonchev–Trinajstić information content (AvgIpc) is 2.20. The molecule has 0 aromatic heterocycles. The summed E-state index contributed by atoms with van der Waals surface area (Å²) in [5, 5.41) is 0. The third kappa shape index (κ3) is 2.48. The van der Waals surface area contributed by atoms with Crippen molar-refractivity contribution in [1.29, 1.82) is 0 Å². The molecule has 2 nitrogen and oxygen atoms in total. The average molecular weight is 192 g/mol. The molecular weight excluding hydrogens is 172 g/mol. The third-order valence-corrected chi connectivity index (χ3v) is 2.62. The predicted molar refractivity (Wildman–Crippen MR) is 62.9 cm³/mol. The first kappa shape index (κ1) is 11.1. The summed E-state index contributed by atoms with van der Waals surface area (Å²) in [4.78, 5) is 4.82. The number of likely N-dealkylation sites (N-methyl/N-ethyl adjacent to an activating group) is 1. The Morgan fingerprint density at radius 3 is 2.07 bits per heavy atom. The molecule has 0 aliphatic carbocycles. The van der Waals surface area contributed by atoms with Gasteiger partial charge in [-0.2, -0.15) is 0 Å². The Labute approximate surface area is 87.1 Å². The van der Waals surface area contributed by atoms with Gasteiger partial charge in [-0.1, -0.05) is 25.6 Å². The quantitative estimate of drug-likeness (QED) is 0.672. The van der Waals surface area contributed by atoms with Crippen molar-refractivity contribution in [3.05, 3.63) is 30.3 Å². The van der Waals surface area contributed by atoms with Crippen LogP contribution < -0.4 is 4.90 Å². The van der Waals surface area contributed by atoms with Crippen molar-refractivity contribution in [2.24, 2.45) is 0 Å². The molecule has 0 unspecified atom stereocenters. The van der Waals surface area contributed by atoms with Crippen molar-refractivity contribution in [2.75, 3.05) is 38.1 Å². The predicted octanol–water partition coefficient (Wildman–Crippen LogP) is 2.07. The normalized spacial score (nSPS) is 17.6. The second-order valence-electron chi connectivity index (χ2n) is 3.63. The number of hydrogen-bond donors (Lipinski definition) is 0. The zero-order valence-electron chi connectivity index (χ0n) is 8.11. The summed E-state index contributed by atoms with van der Waals surface area (Å²) in [7, 11) is 2.18. The molecule has 0 bridgehead atoms. The molecular formula is C12H20N2. The van der Waals surface area contributed by atoms with E-state index >= 15 is 0 Å². The number of piperazine rings is 1. The van der Waals surface area contributed by atoms with Crippen molar-refractivity contribution >= 4 is 5.69 Å². The molecule has 1 heterocycles. The standard InChI is InChI=1S/C11H16N2.CH4/c1-12-7-9-13(10-8-12)11-5-3-2-4-6-11;/h2-6H,7-10H2,1H3;1H4. The third-order valence-electron chi connectivity index (χ3n) is 2.62. The lowest BCUT2D eigenvalue weighted by molar-refractivity contribution is 0.313. The van der Waals surface area contributed by atoms with Gasteiger partial charge in [0.1, 0.15) is 0 Å². The Bertz CT molecular complexity index is 250. The van der Waals surface area contributed by atoms with Crippen LogP contribution in [0.5, 0.6) is 0 Å². The minimum atomic E-state index is 0. The van der Waals surface area contributed by atoms with E-state index in [1.165, 1.54) is 18.8 Å². The van der Waals surface area contributed by atoms with Crippen LogP contribution in [0.25, 0.3) is 0 Å². The topological polar surface area (TPSA) is 6.48 Å². The summed E-state index contributed by atoms with van der Waals surface area (Å²) in [6.45, 7) is 4.66. The molecule has 0 amide bonds. The Kier molecular flexibility index (Phi) is 3.96. The Morgan fingerprint density at radius 2 is 1.50 bits per heavy atom. The van der Waals surface area contributed by atoms with E-state index < -0.39 is 0 Å². The number of hydrogen-bond acceptors (Lipinski definition) is 2. The van der Waals surface area contributed by atoms with Gasteiger partial charge >= 0.3 is 0 Å². The highest BCUT2D eigenvalue weighted by Gasteiger charge is 2.13. The van der Waals surface area contributed by atoms with E-state index in [2.05, 4.69) is 47.2 Å². The lowest BCUT2D eigenvalue weighted by atomic mass is 10.2. The molecule has 0 atom stereocenters. The zero-order chi connectivity index (χ0) is 9.10. The van der Waals surface area contributed by atoms with Gasteiger partial charge in [-0.3, -0.25) is 0 Å². The molecule has 2 heteroatoms. The first-order chi connectivity index (χ1) is 6.36. The van der Waals surface area contributed by atoms with Gasteiger partial charge in [0.2, 0.25) is 0 Å². The largest absolute Gasteiger partial charge is 0.369 e. The highest BCUT2D eigenvalue weighted by molar-refractivity contribution is 5.46. The fourth-order valence-electron chi connectivity index (χ4n) is 1.70. The van der Waals surface area contributed by atoms with E-state index in [-0.39, 0.29) is 7.43 Å². The van der Waals surface area contributed by atoms with Crippen LogP contribution >= 0.6 is 0 Å². The molecule has 1 aliphatic heterocycles. The lowest BCUT2D eigenvalue weighted by Crippen LogP contribution is -2.44. The molecule has 0 saturated carbocycles. The maximum atomic E-state index is 2.44. The number of para-hydroxylation sites is 1. The van der Waals surface area contributed by atoms with Crippen molar-refractivity contribution in [3.8, 4) is 0 Å². The maximum absolute atomic E-state index is 2.44. The van der Waals surface area contributed by atoms with Crippen LogP contribution in [0.4, 0.5) is 5.69 Å². The maximum Gasteiger partial charge on any atom is 0.0367 e. The van der Waals surface area contributed by atoms with E-state index in [0.29, 0.717) is 0 Å². The fraction of sp³-hybridized carbons (Fsp3) is 0.500. The van der Waals surface area contributed by atoms with E-state index in [1.807, 2.05) is 0 Å². The molecule has 1 aliphatic rings. The molecule has 0 spiro atoms. The Morgan fingerprint density at radius 1 is 0.929 bits per heavy atom. The number of rotatable bonds is 1. The van der Waals surface area contributed by atoms with Gasteiger partial charge in [-0.25, -0.2) is 0 Å². The summed E-state index contributed by atoms with van der Waals surface area (Å²) in [6, 6.07) is 10.7. The van der Waals surface area contributed by atoms with Crippen LogP contribution in [-0.4, -0.2) is 38.1 Å². The fourth-order valence-corrected chi connectivity index (χ4v) is 1.70. The minimum absolute atomic E-state index is 0. The van der Waals surface area contributed by atoms with Gasteiger partial charge in [-0.05, 0) is 19.2 Å². The SMILES string of the molecule is C.CN1CCN(c2ccccc2)CC1. The van der Waals surface area contributed by atoms with Gasteiger partial charge in [0.25, 0.3) is 0 Å². The van der Waals surface area contributed by atoms with Gasteiger partial charge in [0, 0.05) is 31.9 Å². The summed E-state index contributed by atoms with van der Waals surface area (Å²) in [6.07, 6.45) is 0. The van der Waals surface area contributed by atoms with Gasteiger partial charge in [0.05, 0.1) is 0 Å². The highest BCUT2D eigenvalue weighted by Crippen LogP contribution is 2.14. The first-order valence-electron chi connectivity index (χ1n) is 4.85. The number of benzene rings is 1. The van der Waals surface area contributed by atoms with Gasteiger partial charge in [0.15, 0.2) is 0 Å². The smallest absolute Gasteiger partial charge is 0.0367 e. The van der Waals surface area contributed by atoms with Crippen LogP contribution in [0.2, 0.25) is 0 Å². The van der Waals surface area contributed by atoms with Crippen LogP contribution in [-0.2, 0) is 0 Å². The summed E-state index contributed by atoms with van der Waals surface area (Å²) < 4.78 is 0. The van der Waals surface area contributed by atoms with E-state index in [4.69, 9.17) is 0 Å². The lowest BCUT2D eigenvalue weighted by Gasteiger charge is -2.33. The molecule has 1 saturated heterocycles. The number of nitrogens with zero attached hydrogens (tertiary/aromatic N) is 2. The zero-order valence-corrected chi connectivity index (χ0v) is 8.11. The van der Waals surface area contributed by atoms with Crippen LogP contribution in [0.15, 0.2) is 30.3 Å². The summed E-state index contributed by atoms with van der Waals surface area (Å²) in [5.41, 5.74) is 1.36. The van der Waals surface area contributed by atoms with Gasteiger partial charge < -0.3 is 9.80 Å². The molecule has 0 N–H and O–H groups in total. The second kappa shape index (κ2) is 5.01. The van der Waals surface area contributed by atoms with Crippen LogP contribution in [0.3, 0.4) is 0 Å². The number of anilines is 1. The molecule has 1 fully saturated rings. The highest BCUT2D eigenvalue weighted by atomic mass is 15.2. The molecule has 1 aromatic rings. The second-order valence-corrected chi connectivity index (χ2v) is 3.63. The summed E-state index contributed by atoms with van der Waals surface area (Å²) in [5.74, 6) is 0. The van der Waals surface area contributed by atoms with Crippen molar-refractivity contribution < 1.29 is 0 Å². The minimum Gasteiger partial charge on any atom is -0.369 e. The summed E-state index contributed by atoms with van der Waals surface area (Å²) >= 11 is 0. The van der Waals surface area contributed by atoms with Crippen molar-refractivity contribution in [2.45, 2.75) is 7.43 Å².